The molecule has 1 aromatic heterocycles. The van der Waals surface area contributed by atoms with E-state index < -0.39 is 0 Å². The van der Waals surface area contributed by atoms with Gasteiger partial charge in [-0.05, 0) is 36.8 Å². The van der Waals surface area contributed by atoms with Crippen molar-refractivity contribution >= 4 is 38.5 Å². The van der Waals surface area contributed by atoms with Crippen LogP contribution in [0, 0.1) is 0 Å². The van der Waals surface area contributed by atoms with Crippen LogP contribution in [0.25, 0.3) is 11.0 Å². The Labute approximate surface area is 137 Å². The summed E-state index contributed by atoms with van der Waals surface area (Å²) in [6.45, 7) is 2.79. The van der Waals surface area contributed by atoms with Crippen LogP contribution in [0.2, 0.25) is 5.02 Å². The Balaban J connectivity index is 1.72. The number of furan rings is 1. The largest absolute Gasteiger partial charge is 0.459 e. The number of para-hydroxylation sites is 1. The monoisotopic (exact) mass is 363 g/mol. The van der Waals surface area contributed by atoms with Crippen molar-refractivity contribution in [3.63, 3.8) is 0 Å². The van der Waals surface area contributed by atoms with E-state index in [0.717, 1.165) is 31.8 Å². The molecule has 2 nitrogen and oxygen atoms in total. The molecule has 4 heteroatoms. The van der Waals surface area contributed by atoms with Gasteiger partial charge in [0.15, 0.2) is 0 Å². The average molecular weight is 365 g/mol. The number of nitrogens with one attached hydrogen (secondary N) is 1. The molecule has 1 heterocycles. The number of fused-ring (bicyclic) bond motifs is 1. The zero-order chi connectivity index (χ0) is 14.8. The lowest BCUT2D eigenvalue weighted by Gasteiger charge is -2.12. The molecule has 1 atom stereocenters. The van der Waals surface area contributed by atoms with Gasteiger partial charge in [-0.25, -0.2) is 0 Å². The van der Waals surface area contributed by atoms with Crippen molar-refractivity contribution in [2.75, 3.05) is 0 Å². The van der Waals surface area contributed by atoms with Gasteiger partial charge in [0.05, 0.1) is 6.04 Å². The minimum absolute atomic E-state index is 0.122. The second kappa shape index (κ2) is 6.22. The molecule has 1 N–H and O–H groups in total. The van der Waals surface area contributed by atoms with Gasteiger partial charge < -0.3 is 9.73 Å². The van der Waals surface area contributed by atoms with E-state index >= 15 is 0 Å². The molecule has 21 heavy (non-hydrogen) atoms. The van der Waals surface area contributed by atoms with Crippen molar-refractivity contribution in [3.8, 4) is 0 Å². The van der Waals surface area contributed by atoms with Crippen LogP contribution in [-0.4, -0.2) is 0 Å². The van der Waals surface area contributed by atoms with E-state index in [-0.39, 0.29) is 6.04 Å². The number of halogens is 2. The molecule has 0 saturated heterocycles. The minimum Gasteiger partial charge on any atom is -0.459 e. The van der Waals surface area contributed by atoms with E-state index in [1.54, 1.807) is 0 Å². The highest BCUT2D eigenvalue weighted by Gasteiger charge is 2.11. The third-order valence-electron chi connectivity index (χ3n) is 3.49. The molecule has 0 aliphatic rings. The molecule has 0 aliphatic heterocycles. The Bertz CT molecular complexity index is 735. The Morgan fingerprint density at radius 1 is 1.19 bits per heavy atom. The van der Waals surface area contributed by atoms with E-state index in [1.165, 1.54) is 0 Å². The van der Waals surface area contributed by atoms with Crippen LogP contribution in [-0.2, 0) is 6.54 Å². The van der Waals surface area contributed by atoms with Crippen LogP contribution >= 0.6 is 27.5 Å². The van der Waals surface area contributed by atoms with Crippen LogP contribution in [0.4, 0.5) is 0 Å². The number of hydrogen-bond acceptors (Lipinski definition) is 2. The van der Waals surface area contributed by atoms with Crippen molar-refractivity contribution in [3.05, 3.63) is 69.3 Å². The topological polar surface area (TPSA) is 25.2 Å². The first-order valence-electron chi connectivity index (χ1n) is 6.79. The summed E-state index contributed by atoms with van der Waals surface area (Å²) in [6, 6.07) is 16.2. The van der Waals surface area contributed by atoms with E-state index in [1.807, 2.05) is 36.4 Å². The standard InChI is InChI=1S/C17H15BrClNO/c1-11(17-8-12-4-2-3-5-16(12)21-17)20-10-13-6-7-14(18)9-15(13)19/h2-9,11,20H,10H2,1H3. The molecule has 0 fully saturated rings. The molecule has 0 amide bonds. The zero-order valence-corrected chi connectivity index (χ0v) is 13.9. The molecular weight excluding hydrogens is 350 g/mol. The van der Waals surface area contributed by atoms with Gasteiger partial charge in [-0.1, -0.05) is 51.8 Å². The number of benzene rings is 2. The fraction of sp³-hybridized carbons (Fsp3) is 0.176. The molecule has 0 aliphatic carbocycles. The Kier molecular flexibility index (Phi) is 4.34. The lowest BCUT2D eigenvalue weighted by Crippen LogP contribution is -2.17. The molecule has 3 rings (SSSR count). The van der Waals surface area contributed by atoms with Crippen LogP contribution in [0.1, 0.15) is 24.3 Å². The summed E-state index contributed by atoms with van der Waals surface area (Å²) < 4.78 is 6.85. The normalized spacial score (nSPS) is 12.7. The smallest absolute Gasteiger partial charge is 0.134 e. The van der Waals surface area contributed by atoms with Crippen LogP contribution in [0.3, 0.4) is 0 Å². The molecule has 0 bridgehead atoms. The Morgan fingerprint density at radius 2 is 2.00 bits per heavy atom. The van der Waals surface area contributed by atoms with Crippen LogP contribution in [0.5, 0.6) is 0 Å². The first-order chi connectivity index (χ1) is 10.1. The lowest BCUT2D eigenvalue weighted by molar-refractivity contribution is 0.451. The SMILES string of the molecule is CC(NCc1ccc(Br)cc1Cl)c1cc2ccccc2o1. The van der Waals surface area contributed by atoms with E-state index in [4.69, 9.17) is 16.0 Å². The molecule has 2 aromatic carbocycles. The Hall–Kier alpha value is -1.29. The van der Waals surface area contributed by atoms with Gasteiger partial charge in [-0.15, -0.1) is 0 Å². The number of rotatable bonds is 4. The van der Waals surface area contributed by atoms with Gasteiger partial charge in [-0.2, -0.15) is 0 Å². The predicted octanol–water partition coefficient (Wildman–Crippen LogP) is 5.70. The van der Waals surface area contributed by atoms with Crippen LogP contribution < -0.4 is 5.32 Å². The average Bonchev–Trinajstić information content (AvgIpc) is 2.90. The second-order valence-electron chi connectivity index (χ2n) is 5.02. The summed E-state index contributed by atoms with van der Waals surface area (Å²) in [5.74, 6) is 0.935. The summed E-state index contributed by atoms with van der Waals surface area (Å²) in [5, 5.41) is 5.33. The molecule has 1 unspecified atom stereocenters. The minimum atomic E-state index is 0.122. The predicted molar refractivity (Wildman–Crippen MR) is 90.6 cm³/mol. The summed E-state index contributed by atoms with van der Waals surface area (Å²) in [6.07, 6.45) is 0. The zero-order valence-electron chi connectivity index (χ0n) is 11.6. The van der Waals surface area contributed by atoms with Crippen LogP contribution in [0.15, 0.2) is 57.4 Å². The van der Waals surface area contributed by atoms with Gasteiger partial charge in [-0.3, -0.25) is 0 Å². The quantitative estimate of drug-likeness (QED) is 0.642. The fourth-order valence-corrected chi connectivity index (χ4v) is 2.98. The first-order valence-corrected chi connectivity index (χ1v) is 7.96. The van der Waals surface area contributed by atoms with Crippen molar-refractivity contribution in [2.24, 2.45) is 0 Å². The van der Waals surface area contributed by atoms with E-state index in [9.17, 15) is 0 Å². The summed E-state index contributed by atoms with van der Waals surface area (Å²) in [5.41, 5.74) is 1.99. The van der Waals surface area contributed by atoms with Gasteiger partial charge in [0.25, 0.3) is 0 Å². The summed E-state index contributed by atoms with van der Waals surface area (Å²) in [4.78, 5) is 0. The van der Waals surface area contributed by atoms with Gasteiger partial charge in [0, 0.05) is 21.4 Å². The first kappa shape index (κ1) is 14.6. The molecule has 0 saturated carbocycles. The third-order valence-corrected chi connectivity index (χ3v) is 4.33. The van der Waals surface area contributed by atoms with Crippen molar-refractivity contribution in [2.45, 2.75) is 19.5 Å². The molecule has 3 aromatic rings. The highest BCUT2D eigenvalue weighted by atomic mass is 79.9. The maximum atomic E-state index is 6.23. The van der Waals surface area contributed by atoms with Crippen molar-refractivity contribution in [1.82, 2.24) is 5.32 Å². The second-order valence-corrected chi connectivity index (χ2v) is 6.35. The van der Waals surface area contributed by atoms with Gasteiger partial charge in [0.1, 0.15) is 11.3 Å². The highest BCUT2D eigenvalue weighted by Crippen LogP contribution is 2.25. The third kappa shape index (κ3) is 3.31. The molecule has 0 spiro atoms. The maximum Gasteiger partial charge on any atom is 0.134 e. The van der Waals surface area contributed by atoms with Gasteiger partial charge >= 0.3 is 0 Å². The molecule has 0 radical (unpaired) electrons. The van der Waals surface area contributed by atoms with Gasteiger partial charge in [0.2, 0.25) is 0 Å². The lowest BCUT2D eigenvalue weighted by atomic mass is 10.2. The van der Waals surface area contributed by atoms with E-state index in [2.05, 4.69) is 40.3 Å². The molecular formula is C17H15BrClNO. The molecule has 108 valence electrons. The number of hydrogen-bond donors (Lipinski definition) is 1. The van der Waals surface area contributed by atoms with Crippen molar-refractivity contribution < 1.29 is 4.42 Å². The maximum absolute atomic E-state index is 6.23. The summed E-state index contributed by atoms with van der Waals surface area (Å²) in [7, 11) is 0. The Morgan fingerprint density at radius 3 is 2.76 bits per heavy atom. The fourth-order valence-electron chi connectivity index (χ4n) is 2.24. The highest BCUT2D eigenvalue weighted by molar-refractivity contribution is 9.10. The summed E-state index contributed by atoms with van der Waals surface area (Å²) >= 11 is 9.64. The van der Waals surface area contributed by atoms with E-state index in [0.29, 0.717) is 6.54 Å². The van der Waals surface area contributed by atoms with Crippen molar-refractivity contribution in [1.29, 1.82) is 0 Å².